The molecule has 1 aromatic rings. The molecule has 1 aliphatic rings. The van der Waals surface area contributed by atoms with Gasteiger partial charge in [0.1, 0.15) is 5.75 Å². The predicted octanol–water partition coefficient (Wildman–Crippen LogP) is 4.52. The quantitative estimate of drug-likeness (QED) is 0.867. The highest BCUT2D eigenvalue weighted by molar-refractivity contribution is 9.10. The lowest BCUT2D eigenvalue weighted by atomic mass is 9.96. The van der Waals surface area contributed by atoms with E-state index in [9.17, 15) is 0 Å². The van der Waals surface area contributed by atoms with E-state index in [2.05, 4.69) is 47.2 Å². The Morgan fingerprint density at radius 2 is 2.26 bits per heavy atom. The summed E-state index contributed by atoms with van der Waals surface area (Å²) >= 11 is 5.73. The Hall–Kier alpha value is -0.190. The third-order valence-electron chi connectivity index (χ3n) is 3.55. The van der Waals surface area contributed by atoms with E-state index in [0.29, 0.717) is 11.3 Å². The maximum atomic E-state index is 5.60. The van der Waals surface area contributed by atoms with Crippen molar-refractivity contribution in [3.8, 4) is 5.75 Å². The summed E-state index contributed by atoms with van der Waals surface area (Å²) in [7, 11) is 1.77. The van der Waals surface area contributed by atoms with Crippen LogP contribution in [0.25, 0.3) is 0 Å². The molecule has 106 valence electrons. The molecule has 0 radical (unpaired) electrons. The van der Waals surface area contributed by atoms with Gasteiger partial charge in [-0.1, -0.05) is 29.8 Å². The summed E-state index contributed by atoms with van der Waals surface area (Å²) < 4.78 is 6.80. The van der Waals surface area contributed by atoms with Gasteiger partial charge in [0, 0.05) is 27.1 Å². The van der Waals surface area contributed by atoms with Gasteiger partial charge in [0.15, 0.2) is 0 Å². The molecule has 0 amide bonds. The van der Waals surface area contributed by atoms with E-state index in [4.69, 9.17) is 4.74 Å². The second kappa shape index (κ2) is 7.00. The second-order valence-corrected chi connectivity index (χ2v) is 7.29. The number of benzene rings is 1. The molecule has 0 fully saturated rings. The van der Waals surface area contributed by atoms with Gasteiger partial charge < -0.3 is 10.1 Å². The van der Waals surface area contributed by atoms with Crippen LogP contribution in [0.2, 0.25) is 0 Å². The molecule has 2 rings (SSSR count). The van der Waals surface area contributed by atoms with E-state index in [0.717, 1.165) is 30.9 Å². The van der Waals surface area contributed by atoms with Crippen molar-refractivity contribution in [1.29, 1.82) is 0 Å². The molecule has 2 unspecified atom stereocenters. The molecule has 4 heteroatoms. The number of hydrogen-bond donors (Lipinski definition) is 1. The van der Waals surface area contributed by atoms with E-state index in [1.54, 1.807) is 7.11 Å². The second-order valence-electron chi connectivity index (χ2n) is 5.01. The highest BCUT2D eigenvalue weighted by Crippen LogP contribution is 2.42. The Balaban J connectivity index is 2.43. The zero-order valence-electron chi connectivity index (χ0n) is 11.8. The minimum atomic E-state index is 0.396. The standard InChI is InChI=1S/C15H22BrNOS/c1-4-7-17-13-8-10(2)19-9-11-12(16)5-6-14(18-3)15(11)13/h5-6,10,13,17H,4,7-9H2,1-3H3. The number of fused-ring (bicyclic) bond motifs is 1. The number of methoxy groups -OCH3 is 1. The lowest BCUT2D eigenvalue weighted by Gasteiger charge is -2.23. The largest absolute Gasteiger partial charge is 0.496 e. The van der Waals surface area contributed by atoms with Crippen LogP contribution in [0, 0.1) is 0 Å². The Bertz CT molecular complexity index is 438. The number of ether oxygens (including phenoxy) is 1. The lowest BCUT2D eigenvalue weighted by Crippen LogP contribution is -2.25. The van der Waals surface area contributed by atoms with Crippen LogP contribution >= 0.6 is 27.7 Å². The molecule has 19 heavy (non-hydrogen) atoms. The first kappa shape index (κ1) is 15.2. The summed E-state index contributed by atoms with van der Waals surface area (Å²) in [6.07, 6.45) is 2.31. The molecule has 0 saturated heterocycles. The summed E-state index contributed by atoms with van der Waals surface area (Å²) in [4.78, 5) is 0. The van der Waals surface area contributed by atoms with Gasteiger partial charge in [-0.2, -0.15) is 11.8 Å². The van der Waals surface area contributed by atoms with E-state index in [1.807, 2.05) is 11.8 Å². The summed E-state index contributed by atoms with van der Waals surface area (Å²) in [6, 6.07) is 4.57. The van der Waals surface area contributed by atoms with Crippen molar-refractivity contribution in [2.24, 2.45) is 0 Å². The molecule has 2 nitrogen and oxygen atoms in total. The fourth-order valence-electron chi connectivity index (χ4n) is 2.57. The summed E-state index contributed by atoms with van der Waals surface area (Å²) in [6.45, 7) is 5.58. The molecule has 1 heterocycles. The summed E-state index contributed by atoms with van der Waals surface area (Å²) in [5, 5.41) is 4.35. The van der Waals surface area contributed by atoms with Crippen LogP contribution in [0.15, 0.2) is 16.6 Å². The monoisotopic (exact) mass is 343 g/mol. The first-order chi connectivity index (χ1) is 9.17. The maximum absolute atomic E-state index is 5.60. The first-order valence-electron chi connectivity index (χ1n) is 6.87. The average Bonchev–Trinajstić information content (AvgIpc) is 2.57. The Labute approximate surface area is 128 Å². The molecule has 1 aliphatic heterocycles. The van der Waals surface area contributed by atoms with E-state index >= 15 is 0 Å². The summed E-state index contributed by atoms with van der Waals surface area (Å²) in [5.74, 6) is 2.07. The van der Waals surface area contributed by atoms with Gasteiger partial charge in [0.05, 0.1) is 7.11 Å². The van der Waals surface area contributed by atoms with Crippen molar-refractivity contribution < 1.29 is 4.74 Å². The van der Waals surface area contributed by atoms with Crippen molar-refractivity contribution in [2.75, 3.05) is 13.7 Å². The van der Waals surface area contributed by atoms with Crippen LogP contribution in [0.3, 0.4) is 0 Å². The van der Waals surface area contributed by atoms with Gasteiger partial charge in [-0.15, -0.1) is 0 Å². The minimum Gasteiger partial charge on any atom is -0.496 e. The van der Waals surface area contributed by atoms with Crippen LogP contribution in [0.5, 0.6) is 5.75 Å². The van der Waals surface area contributed by atoms with Gasteiger partial charge in [0.2, 0.25) is 0 Å². The zero-order valence-corrected chi connectivity index (χ0v) is 14.2. The molecule has 0 saturated carbocycles. The van der Waals surface area contributed by atoms with Gasteiger partial charge in [0.25, 0.3) is 0 Å². The topological polar surface area (TPSA) is 21.3 Å². The fourth-order valence-corrected chi connectivity index (χ4v) is 4.33. The van der Waals surface area contributed by atoms with Crippen LogP contribution in [0.1, 0.15) is 43.9 Å². The Morgan fingerprint density at radius 1 is 1.47 bits per heavy atom. The van der Waals surface area contributed by atoms with Crippen molar-refractivity contribution in [2.45, 2.75) is 43.7 Å². The molecule has 1 N–H and O–H groups in total. The smallest absolute Gasteiger partial charge is 0.124 e. The molecule has 2 atom stereocenters. The van der Waals surface area contributed by atoms with Gasteiger partial charge >= 0.3 is 0 Å². The van der Waals surface area contributed by atoms with E-state index in [-0.39, 0.29) is 0 Å². The van der Waals surface area contributed by atoms with Gasteiger partial charge in [-0.3, -0.25) is 0 Å². The lowest BCUT2D eigenvalue weighted by molar-refractivity contribution is 0.394. The Kier molecular flexibility index (Phi) is 5.60. The van der Waals surface area contributed by atoms with Gasteiger partial charge in [-0.05, 0) is 37.1 Å². The first-order valence-corrected chi connectivity index (χ1v) is 8.71. The minimum absolute atomic E-state index is 0.396. The number of nitrogens with one attached hydrogen (secondary N) is 1. The van der Waals surface area contributed by atoms with Crippen LogP contribution in [-0.4, -0.2) is 18.9 Å². The number of thioether (sulfide) groups is 1. The number of halogens is 1. The van der Waals surface area contributed by atoms with Gasteiger partial charge in [-0.25, -0.2) is 0 Å². The third kappa shape index (κ3) is 3.47. The number of hydrogen-bond acceptors (Lipinski definition) is 3. The Morgan fingerprint density at radius 3 is 2.95 bits per heavy atom. The zero-order chi connectivity index (χ0) is 13.8. The highest BCUT2D eigenvalue weighted by atomic mass is 79.9. The number of rotatable bonds is 4. The molecular formula is C15H22BrNOS. The van der Waals surface area contributed by atoms with Crippen molar-refractivity contribution >= 4 is 27.7 Å². The van der Waals surface area contributed by atoms with Crippen molar-refractivity contribution in [1.82, 2.24) is 5.32 Å². The van der Waals surface area contributed by atoms with Crippen LogP contribution < -0.4 is 10.1 Å². The molecule has 1 aromatic carbocycles. The predicted molar refractivity (Wildman–Crippen MR) is 87.1 cm³/mol. The van der Waals surface area contributed by atoms with E-state index < -0.39 is 0 Å². The molecule has 0 aromatic heterocycles. The van der Waals surface area contributed by atoms with Crippen molar-refractivity contribution in [3.05, 3.63) is 27.7 Å². The summed E-state index contributed by atoms with van der Waals surface area (Å²) in [5.41, 5.74) is 2.74. The maximum Gasteiger partial charge on any atom is 0.124 e. The molecule has 0 aliphatic carbocycles. The normalized spacial score (nSPS) is 22.7. The highest BCUT2D eigenvalue weighted by Gasteiger charge is 2.26. The average molecular weight is 344 g/mol. The van der Waals surface area contributed by atoms with Crippen LogP contribution in [0.4, 0.5) is 0 Å². The molecular weight excluding hydrogens is 322 g/mol. The van der Waals surface area contributed by atoms with E-state index in [1.165, 1.54) is 15.6 Å². The molecule has 0 spiro atoms. The SMILES string of the molecule is CCCNC1CC(C)SCc2c(Br)ccc(OC)c21. The fraction of sp³-hybridized carbons (Fsp3) is 0.600. The molecule has 0 bridgehead atoms. The van der Waals surface area contributed by atoms with Crippen LogP contribution in [-0.2, 0) is 5.75 Å². The third-order valence-corrected chi connectivity index (χ3v) is 5.51. The van der Waals surface area contributed by atoms with Crippen molar-refractivity contribution in [3.63, 3.8) is 0 Å².